The zero-order chi connectivity index (χ0) is 14.8. The molecule has 1 spiro atoms. The zero-order valence-corrected chi connectivity index (χ0v) is 12.0. The number of aryl methyl sites for hydroxylation is 1. The summed E-state index contributed by atoms with van der Waals surface area (Å²) < 4.78 is 29.6. The summed E-state index contributed by atoms with van der Waals surface area (Å²) in [6, 6.07) is 5.99. The van der Waals surface area contributed by atoms with E-state index in [2.05, 4.69) is 10.6 Å². The van der Waals surface area contributed by atoms with Crippen LogP contribution in [0.3, 0.4) is 0 Å². The third kappa shape index (κ3) is 3.56. The van der Waals surface area contributed by atoms with Gasteiger partial charge in [-0.3, -0.25) is 9.35 Å². The Morgan fingerprint density at radius 1 is 1.15 bits per heavy atom. The molecule has 3 N–H and O–H groups in total. The Labute approximate surface area is 118 Å². The molecule has 0 unspecified atom stereocenters. The lowest BCUT2D eigenvalue weighted by atomic mass is 9.81. The van der Waals surface area contributed by atoms with E-state index in [4.69, 9.17) is 4.55 Å². The number of amides is 1. The van der Waals surface area contributed by atoms with Gasteiger partial charge in [-0.25, -0.2) is 0 Å². The SMILES string of the molecule is Cc1ccc(S(=O)(=O)O)cc1.O=C1CC2(CNC2)CN1. The summed E-state index contributed by atoms with van der Waals surface area (Å²) in [7, 11) is -4.02. The second-order valence-corrected chi connectivity index (χ2v) is 6.77. The summed E-state index contributed by atoms with van der Waals surface area (Å²) in [5.74, 6) is 0.219. The lowest BCUT2D eigenvalue weighted by Gasteiger charge is -2.37. The van der Waals surface area contributed by atoms with Crippen LogP contribution in [-0.2, 0) is 14.9 Å². The summed E-state index contributed by atoms with van der Waals surface area (Å²) in [5.41, 5.74) is 1.27. The van der Waals surface area contributed by atoms with Crippen molar-refractivity contribution in [3.63, 3.8) is 0 Å². The summed E-state index contributed by atoms with van der Waals surface area (Å²) in [6.07, 6.45) is 0.736. The molecule has 3 rings (SSSR count). The molecule has 1 amide bonds. The predicted octanol–water partition coefficient (Wildman–Crippen LogP) is 0.338. The molecule has 0 radical (unpaired) electrons. The Kier molecular flexibility index (Phi) is 4.12. The quantitative estimate of drug-likeness (QED) is 0.650. The fourth-order valence-corrected chi connectivity index (χ4v) is 2.67. The first-order chi connectivity index (χ1) is 9.31. The van der Waals surface area contributed by atoms with Crippen LogP contribution in [-0.4, -0.2) is 38.5 Å². The van der Waals surface area contributed by atoms with E-state index in [9.17, 15) is 13.2 Å². The average molecular weight is 298 g/mol. The third-order valence-corrected chi connectivity index (χ3v) is 4.38. The van der Waals surface area contributed by atoms with Crippen LogP contribution in [0.4, 0.5) is 0 Å². The van der Waals surface area contributed by atoms with Crippen LogP contribution in [0.2, 0.25) is 0 Å². The molecule has 2 aliphatic rings. The van der Waals surface area contributed by atoms with Crippen molar-refractivity contribution in [2.75, 3.05) is 19.6 Å². The molecule has 2 saturated heterocycles. The van der Waals surface area contributed by atoms with Crippen LogP contribution >= 0.6 is 0 Å². The first kappa shape index (κ1) is 15.0. The van der Waals surface area contributed by atoms with Gasteiger partial charge in [0.2, 0.25) is 5.91 Å². The Hall–Kier alpha value is -1.44. The molecule has 1 aromatic rings. The van der Waals surface area contributed by atoms with Gasteiger partial charge in [0.25, 0.3) is 10.1 Å². The molecule has 20 heavy (non-hydrogen) atoms. The highest BCUT2D eigenvalue weighted by Crippen LogP contribution is 2.29. The smallest absolute Gasteiger partial charge is 0.294 e. The van der Waals surface area contributed by atoms with E-state index < -0.39 is 10.1 Å². The van der Waals surface area contributed by atoms with E-state index in [0.717, 1.165) is 31.6 Å². The summed E-state index contributed by atoms with van der Waals surface area (Å²) in [4.78, 5) is 10.6. The van der Waals surface area contributed by atoms with Gasteiger partial charge < -0.3 is 10.6 Å². The molecule has 0 aliphatic carbocycles. The minimum atomic E-state index is -4.02. The minimum Gasteiger partial charge on any atom is -0.355 e. The van der Waals surface area contributed by atoms with Crippen molar-refractivity contribution in [3.05, 3.63) is 29.8 Å². The average Bonchev–Trinajstić information content (AvgIpc) is 2.72. The highest BCUT2D eigenvalue weighted by molar-refractivity contribution is 7.85. The van der Waals surface area contributed by atoms with Crippen LogP contribution in [0.1, 0.15) is 12.0 Å². The maximum Gasteiger partial charge on any atom is 0.294 e. The zero-order valence-electron chi connectivity index (χ0n) is 11.2. The van der Waals surface area contributed by atoms with Crippen molar-refractivity contribution in [3.8, 4) is 0 Å². The number of carbonyl (C=O) groups is 1. The van der Waals surface area contributed by atoms with Gasteiger partial charge in [0, 0.05) is 31.5 Å². The van der Waals surface area contributed by atoms with Crippen molar-refractivity contribution in [2.45, 2.75) is 18.2 Å². The van der Waals surface area contributed by atoms with Crippen molar-refractivity contribution in [1.29, 1.82) is 0 Å². The highest BCUT2D eigenvalue weighted by atomic mass is 32.2. The standard InChI is InChI=1S/C7H8O3S.C6H10N2O/c1-6-2-4-7(5-3-6)11(8,9)10;9-5-1-6(4-8-5)2-7-3-6/h2-5H,1H3,(H,8,9,10);7H,1-4H2,(H,8,9). The fourth-order valence-electron chi connectivity index (χ4n) is 2.19. The van der Waals surface area contributed by atoms with E-state index in [1.54, 1.807) is 12.1 Å². The molecule has 0 aromatic heterocycles. The molecule has 0 bridgehead atoms. The molecule has 6 nitrogen and oxygen atoms in total. The molecule has 2 fully saturated rings. The van der Waals surface area contributed by atoms with Crippen molar-refractivity contribution < 1.29 is 17.8 Å². The van der Waals surface area contributed by atoms with Gasteiger partial charge in [0.05, 0.1) is 4.90 Å². The lowest BCUT2D eigenvalue weighted by molar-refractivity contribution is -0.119. The Morgan fingerprint density at radius 3 is 2.05 bits per heavy atom. The van der Waals surface area contributed by atoms with Crippen LogP contribution in [0.5, 0.6) is 0 Å². The second-order valence-electron chi connectivity index (χ2n) is 5.35. The summed E-state index contributed by atoms with van der Waals surface area (Å²) in [5, 5.41) is 6.01. The van der Waals surface area contributed by atoms with E-state index in [-0.39, 0.29) is 10.8 Å². The van der Waals surface area contributed by atoms with Gasteiger partial charge in [-0.2, -0.15) is 8.42 Å². The lowest BCUT2D eigenvalue weighted by Crippen LogP contribution is -2.54. The molecule has 110 valence electrons. The monoisotopic (exact) mass is 298 g/mol. The van der Waals surface area contributed by atoms with Crippen LogP contribution in [0.15, 0.2) is 29.2 Å². The van der Waals surface area contributed by atoms with Gasteiger partial charge in [-0.1, -0.05) is 17.7 Å². The van der Waals surface area contributed by atoms with E-state index in [1.807, 2.05) is 6.92 Å². The number of carbonyl (C=O) groups excluding carboxylic acids is 1. The molecular weight excluding hydrogens is 280 g/mol. The van der Waals surface area contributed by atoms with Crippen LogP contribution in [0, 0.1) is 12.3 Å². The van der Waals surface area contributed by atoms with Crippen molar-refractivity contribution >= 4 is 16.0 Å². The van der Waals surface area contributed by atoms with Gasteiger partial charge in [-0.05, 0) is 19.1 Å². The Balaban J connectivity index is 0.000000149. The predicted molar refractivity (Wildman–Crippen MR) is 73.9 cm³/mol. The largest absolute Gasteiger partial charge is 0.355 e. The van der Waals surface area contributed by atoms with Gasteiger partial charge >= 0.3 is 0 Å². The number of rotatable bonds is 1. The summed E-state index contributed by atoms with van der Waals surface area (Å²) in [6.45, 7) is 4.77. The van der Waals surface area contributed by atoms with Gasteiger partial charge in [-0.15, -0.1) is 0 Å². The Morgan fingerprint density at radius 2 is 1.75 bits per heavy atom. The maximum atomic E-state index is 10.7. The number of benzene rings is 1. The van der Waals surface area contributed by atoms with E-state index in [0.29, 0.717) is 5.41 Å². The molecule has 7 heteroatoms. The molecular formula is C13H18N2O4S. The number of hydrogen-bond donors (Lipinski definition) is 3. The molecule has 2 heterocycles. The minimum absolute atomic E-state index is 0.0666. The second kappa shape index (κ2) is 5.51. The molecule has 0 saturated carbocycles. The molecule has 1 aromatic carbocycles. The van der Waals surface area contributed by atoms with E-state index in [1.165, 1.54) is 12.1 Å². The van der Waals surface area contributed by atoms with Gasteiger partial charge in [0.15, 0.2) is 0 Å². The Bertz CT molecular complexity index is 591. The first-order valence-corrected chi connectivity index (χ1v) is 7.76. The van der Waals surface area contributed by atoms with Crippen LogP contribution < -0.4 is 10.6 Å². The number of hydrogen-bond acceptors (Lipinski definition) is 4. The van der Waals surface area contributed by atoms with Gasteiger partial charge in [0.1, 0.15) is 0 Å². The first-order valence-electron chi connectivity index (χ1n) is 6.32. The molecule has 0 atom stereocenters. The van der Waals surface area contributed by atoms with Crippen molar-refractivity contribution in [1.82, 2.24) is 10.6 Å². The third-order valence-electron chi connectivity index (χ3n) is 3.51. The van der Waals surface area contributed by atoms with Crippen LogP contribution in [0.25, 0.3) is 0 Å². The highest BCUT2D eigenvalue weighted by Gasteiger charge is 2.43. The van der Waals surface area contributed by atoms with E-state index >= 15 is 0 Å². The maximum absolute atomic E-state index is 10.7. The fraction of sp³-hybridized carbons (Fsp3) is 0.462. The summed E-state index contributed by atoms with van der Waals surface area (Å²) >= 11 is 0. The topological polar surface area (TPSA) is 95.5 Å². The number of nitrogens with one attached hydrogen (secondary N) is 2. The normalized spacial score (nSPS) is 19.8. The molecule has 2 aliphatic heterocycles. The van der Waals surface area contributed by atoms with Crippen molar-refractivity contribution in [2.24, 2.45) is 5.41 Å².